The number of benzene rings is 2. The Hall–Kier alpha value is -2.19. The molecule has 3 rings (SSSR count). The third-order valence-electron chi connectivity index (χ3n) is 4.39. The third kappa shape index (κ3) is 2.40. The SMILES string of the molecule is Cc1ccc2cc(C(O)(c3ccncc3)C(C)C)ccc2c1. The summed E-state index contributed by atoms with van der Waals surface area (Å²) >= 11 is 0. The van der Waals surface area contributed by atoms with Gasteiger partial charge in [0.15, 0.2) is 0 Å². The minimum atomic E-state index is -1.01. The minimum Gasteiger partial charge on any atom is -0.380 e. The molecule has 1 heterocycles. The van der Waals surface area contributed by atoms with E-state index in [0.29, 0.717) is 0 Å². The van der Waals surface area contributed by atoms with Crippen molar-refractivity contribution >= 4 is 10.8 Å². The van der Waals surface area contributed by atoms with Crippen LogP contribution in [0, 0.1) is 12.8 Å². The Morgan fingerprint density at radius 3 is 2.18 bits per heavy atom. The van der Waals surface area contributed by atoms with Crippen LogP contribution in [0.5, 0.6) is 0 Å². The van der Waals surface area contributed by atoms with Crippen LogP contribution < -0.4 is 0 Å². The van der Waals surface area contributed by atoms with Crippen LogP contribution in [0.4, 0.5) is 0 Å². The van der Waals surface area contributed by atoms with E-state index in [-0.39, 0.29) is 5.92 Å². The highest BCUT2D eigenvalue weighted by Crippen LogP contribution is 2.37. The zero-order chi connectivity index (χ0) is 15.7. The van der Waals surface area contributed by atoms with Gasteiger partial charge in [-0.15, -0.1) is 0 Å². The molecular weight excluding hydrogens is 270 g/mol. The molecule has 0 radical (unpaired) electrons. The van der Waals surface area contributed by atoms with E-state index in [4.69, 9.17) is 0 Å². The third-order valence-corrected chi connectivity index (χ3v) is 4.39. The lowest BCUT2D eigenvalue weighted by molar-refractivity contribution is 0.0318. The Balaban J connectivity index is 2.19. The second-order valence-electron chi connectivity index (χ2n) is 6.22. The highest BCUT2D eigenvalue weighted by atomic mass is 16.3. The van der Waals surface area contributed by atoms with Gasteiger partial charge in [-0.1, -0.05) is 49.7 Å². The maximum absolute atomic E-state index is 11.4. The van der Waals surface area contributed by atoms with Crippen molar-refractivity contribution in [3.8, 4) is 0 Å². The van der Waals surface area contributed by atoms with Gasteiger partial charge in [-0.3, -0.25) is 4.98 Å². The van der Waals surface area contributed by atoms with Crippen LogP contribution in [0.25, 0.3) is 10.8 Å². The van der Waals surface area contributed by atoms with Gasteiger partial charge in [0.1, 0.15) is 5.60 Å². The molecule has 0 aliphatic heterocycles. The van der Waals surface area contributed by atoms with E-state index in [0.717, 1.165) is 16.5 Å². The summed E-state index contributed by atoms with van der Waals surface area (Å²) in [5.41, 5.74) is 2.03. The second-order valence-corrected chi connectivity index (χ2v) is 6.22. The monoisotopic (exact) mass is 291 g/mol. The fourth-order valence-electron chi connectivity index (χ4n) is 3.04. The van der Waals surface area contributed by atoms with Crippen LogP contribution in [0.1, 0.15) is 30.5 Å². The predicted octanol–water partition coefficient (Wildman–Crippen LogP) is 4.44. The zero-order valence-corrected chi connectivity index (χ0v) is 13.2. The molecule has 0 fully saturated rings. The highest BCUT2D eigenvalue weighted by Gasteiger charge is 2.35. The Labute approximate surface area is 131 Å². The van der Waals surface area contributed by atoms with Gasteiger partial charge in [-0.05, 0) is 52.9 Å². The molecule has 0 amide bonds. The van der Waals surface area contributed by atoms with E-state index in [1.54, 1.807) is 12.4 Å². The van der Waals surface area contributed by atoms with Gasteiger partial charge in [0.05, 0.1) is 0 Å². The second kappa shape index (κ2) is 5.54. The molecule has 1 atom stereocenters. The van der Waals surface area contributed by atoms with Crippen molar-refractivity contribution in [1.29, 1.82) is 0 Å². The first-order valence-corrected chi connectivity index (χ1v) is 7.65. The number of aromatic nitrogens is 1. The summed E-state index contributed by atoms with van der Waals surface area (Å²) in [5.74, 6) is 0.0535. The molecule has 2 nitrogen and oxygen atoms in total. The number of hydrogen-bond acceptors (Lipinski definition) is 2. The smallest absolute Gasteiger partial charge is 0.117 e. The van der Waals surface area contributed by atoms with Crippen LogP contribution in [-0.2, 0) is 5.60 Å². The van der Waals surface area contributed by atoms with E-state index in [1.807, 2.05) is 32.0 Å². The van der Waals surface area contributed by atoms with Crippen molar-refractivity contribution in [3.05, 3.63) is 77.6 Å². The average Bonchev–Trinajstić information content (AvgIpc) is 2.54. The summed E-state index contributed by atoms with van der Waals surface area (Å²) in [6.07, 6.45) is 3.46. The Morgan fingerprint density at radius 2 is 1.50 bits per heavy atom. The molecule has 0 saturated heterocycles. The first kappa shape index (κ1) is 14.7. The lowest BCUT2D eigenvalue weighted by atomic mass is 9.77. The van der Waals surface area contributed by atoms with Gasteiger partial charge >= 0.3 is 0 Å². The number of aliphatic hydroxyl groups is 1. The van der Waals surface area contributed by atoms with E-state index in [1.165, 1.54) is 10.9 Å². The van der Waals surface area contributed by atoms with Crippen molar-refractivity contribution in [3.63, 3.8) is 0 Å². The van der Waals surface area contributed by atoms with Crippen LogP contribution in [0.3, 0.4) is 0 Å². The molecule has 0 aliphatic carbocycles. The first-order valence-electron chi connectivity index (χ1n) is 7.65. The maximum Gasteiger partial charge on any atom is 0.117 e. The topological polar surface area (TPSA) is 33.1 Å². The highest BCUT2D eigenvalue weighted by molar-refractivity contribution is 5.84. The standard InChI is InChI=1S/C20H21NO/c1-14(2)20(22,18-8-10-21-11-9-18)19-7-6-16-12-15(3)4-5-17(16)13-19/h4-14,22H,1-3H3. The summed E-state index contributed by atoms with van der Waals surface area (Å²) in [4.78, 5) is 4.06. The fourth-order valence-corrected chi connectivity index (χ4v) is 3.04. The number of aryl methyl sites for hydroxylation is 1. The minimum absolute atomic E-state index is 0.0535. The number of fused-ring (bicyclic) bond motifs is 1. The number of rotatable bonds is 3. The molecule has 112 valence electrons. The van der Waals surface area contributed by atoms with Crippen molar-refractivity contribution in [1.82, 2.24) is 4.98 Å². The lowest BCUT2D eigenvalue weighted by Gasteiger charge is -2.33. The van der Waals surface area contributed by atoms with E-state index >= 15 is 0 Å². The van der Waals surface area contributed by atoms with Crippen molar-refractivity contribution in [2.45, 2.75) is 26.4 Å². The number of hydrogen-bond donors (Lipinski definition) is 1. The molecule has 22 heavy (non-hydrogen) atoms. The Kier molecular flexibility index (Phi) is 3.71. The molecule has 1 aromatic heterocycles. The molecule has 0 spiro atoms. The van der Waals surface area contributed by atoms with E-state index < -0.39 is 5.60 Å². The largest absolute Gasteiger partial charge is 0.380 e. The Bertz CT molecular complexity index is 795. The molecule has 1 unspecified atom stereocenters. The normalized spacial score (nSPS) is 14.2. The summed E-state index contributed by atoms with van der Waals surface area (Å²) < 4.78 is 0. The van der Waals surface area contributed by atoms with E-state index in [2.05, 4.69) is 42.2 Å². The van der Waals surface area contributed by atoms with Gasteiger partial charge < -0.3 is 5.11 Å². The first-order chi connectivity index (χ1) is 10.5. The predicted molar refractivity (Wildman–Crippen MR) is 90.8 cm³/mol. The Morgan fingerprint density at radius 1 is 0.864 bits per heavy atom. The van der Waals surface area contributed by atoms with Crippen molar-refractivity contribution in [2.75, 3.05) is 0 Å². The van der Waals surface area contributed by atoms with Crippen molar-refractivity contribution in [2.24, 2.45) is 5.92 Å². The summed E-state index contributed by atoms with van der Waals surface area (Å²) in [6, 6.07) is 16.4. The molecular formula is C20H21NO. The number of nitrogens with zero attached hydrogens (tertiary/aromatic N) is 1. The van der Waals surface area contributed by atoms with Crippen LogP contribution >= 0.6 is 0 Å². The van der Waals surface area contributed by atoms with Crippen LogP contribution in [0.2, 0.25) is 0 Å². The number of pyridine rings is 1. The van der Waals surface area contributed by atoms with Crippen LogP contribution in [0.15, 0.2) is 60.9 Å². The van der Waals surface area contributed by atoms with Gasteiger partial charge in [0, 0.05) is 12.4 Å². The van der Waals surface area contributed by atoms with Gasteiger partial charge in [0.25, 0.3) is 0 Å². The average molecular weight is 291 g/mol. The van der Waals surface area contributed by atoms with Crippen molar-refractivity contribution < 1.29 is 5.11 Å². The van der Waals surface area contributed by atoms with Gasteiger partial charge in [-0.2, -0.15) is 0 Å². The molecule has 0 aliphatic rings. The zero-order valence-electron chi connectivity index (χ0n) is 13.2. The fraction of sp³-hybridized carbons (Fsp3) is 0.250. The molecule has 2 aromatic carbocycles. The molecule has 0 bridgehead atoms. The van der Waals surface area contributed by atoms with Gasteiger partial charge in [-0.25, -0.2) is 0 Å². The molecule has 1 N–H and O–H groups in total. The summed E-state index contributed by atoms with van der Waals surface area (Å²) in [5, 5.41) is 13.8. The molecule has 2 heteroatoms. The summed E-state index contributed by atoms with van der Waals surface area (Å²) in [7, 11) is 0. The molecule has 3 aromatic rings. The van der Waals surface area contributed by atoms with Crippen LogP contribution in [-0.4, -0.2) is 10.1 Å². The summed E-state index contributed by atoms with van der Waals surface area (Å²) in [6.45, 7) is 6.17. The quantitative estimate of drug-likeness (QED) is 0.774. The van der Waals surface area contributed by atoms with Gasteiger partial charge in [0.2, 0.25) is 0 Å². The molecule has 0 saturated carbocycles. The maximum atomic E-state index is 11.4. The van der Waals surface area contributed by atoms with E-state index in [9.17, 15) is 5.11 Å². The lowest BCUT2D eigenvalue weighted by Crippen LogP contribution is -2.33.